The van der Waals surface area contributed by atoms with E-state index in [9.17, 15) is 5.26 Å². The molecule has 3 nitrogen and oxygen atoms in total. The molecule has 0 bridgehead atoms. The third-order valence-corrected chi connectivity index (χ3v) is 7.87. The number of hydrogen-bond donors (Lipinski definition) is 1. The van der Waals surface area contributed by atoms with Crippen LogP contribution in [0.3, 0.4) is 0 Å². The molecule has 0 fully saturated rings. The van der Waals surface area contributed by atoms with E-state index in [4.69, 9.17) is 10.5 Å². The zero-order chi connectivity index (χ0) is 23.0. The number of nitriles is 1. The molecule has 1 aliphatic heterocycles. The van der Waals surface area contributed by atoms with Crippen LogP contribution in [0, 0.1) is 22.7 Å². The predicted octanol–water partition coefficient (Wildman–Crippen LogP) is 7.81. The molecule has 164 valence electrons. The molecule has 5 heteroatoms. The molecule has 0 saturated carbocycles. The summed E-state index contributed by atoms with van der Waals surface area (Å²) in [6, 6.07) is 18.6. The number of nitrogens with two attached hydrogens (primary N) is 1. The minimum Gasteiger partial charge on any atom is -0.440 e. The Balaban J connectivity index is 1.95. The van der Waals surface area contributed by atoms with Gasteiger partial charge in [0.2, 0.25) is 5.88 Å². The molecule has 32 heavy (non-hydrogen) atoms. The number of ether oxygens (including phenoxy) is 1. The molecule has 0 radical (unpaired) electrons. The maximum atomic E-state index is 10.0. The lowest BCUT2D eigenvalue weighted by Gasteiger charge is -2.41. The molecular weight excluding hydrogens is 528 g/mol. The van der Waals surface area contributed by atoms with Crippen molar-refractivity contribution in [3.05, 3.63) is 97.0 Å². The second-order valence-electron chi connectivity index (χ2n) is 9.46. The van der Waals surface area contributed by atoms with Gasteiger partial charge in [-0.1, -0.05) is 89.0 Å². The lowest BCUT2D eigenvalue weighted by molar-refractivity contribution is 0.200. The average molecular weight is 554 g/mol. The first kappa shape index (κ1) is 22.9. The highest BCUT2D eigenvalue weighted by Crippen LogP contribution is 2.52. The molecule has 2 aliphatic rings. The van der Waals surface area contributed by atoms with Crippen LogP contribution in [-0.2, 0) is 4.74 Å². The molecular formula is C27H26Br2N2O. The number of halogens is 2. The summed E-state index contributed by atoms with van der Waals surface area (Å²) in [5, 5.41) is 10.0. The summed E-state index contributed by atoms with van der Waals surface area (Å²) in [5.41, 5.74) is 11.3. The van der Waals surface area contributed by atoms with Crippen LogP contribution in [0.2, 0.25) is 0 Å². The molecule has 2 atom stereocenters. The fraction of sp³-hybridized carbons (Fsp3) is 0.296. The molecule has 0 aromatic heterocycles. The first-order chi connectivity index (χ1) is 15.2. The summed E-state index contributed by atoms with van der Waals surface area (Å²) in [7, 11) is 0. The number of hydrogen-bond acceptors (Lipinski definition) is 3. The smallest absolute Gasteiger partial charge is 0.205 e. The van der Waals surface area contributed by atoms with Crippen molar-refractivity contribution in [2.75, 3.05) is 0 Å². The van der Waals surface area contributed by atoms with Crippen LogP contribution in [0.1, 0.15) is 50.7 Å². The molecule has 1 heterocycles. The number of nitrogens with zero attached hydrogens (tertiary/aromatic N) is 1. The first-order valence-corrected chi connectivity index (χ1v) is 12.3. The predicted molar refractivity (Wildman–Crippen MR) is 136 cm³/mol. The highest BCUT2D eigenvalue weighted by molar-refractivity contribution is 9.10. The van der Waals surface area contributed by atoms with E-state index in [-0.39, 0.29) is 17.2 Å². The van der Waals surface area contributed by atoms with Gasteiger partial charge in [-0.05, 0) is 64.7 Å². The van der Waals surface area contributed by atoms with Gasteiger partial charge in [0.15, 0.2) is 0 Å². The standard InChI is InChI=1S/C27H26Br2N2O/c1-27(2,3)18-13-17(12-16-8-4-6-10-22(16)28)25-20(14-18)24(21(15-30)26(31)32-25)19-9-5-7-11-23(19)29/h4-12,18,24H,13-14,31H2,1-3H3/b17-12+. The first-order valence-electron chi connectivity index (χ1n) is 10.7. The minimum absolute atomic E-state index is 0.101. The number of benzene rings is 2. The maximum Gasteiger partial charge on any atom is 0.205 e. The summed E-state index contributed by atoms with van der Waals surface area (Å²) in [6.07, 6.45) is 3.94. The van der Waals surface area contributed by atoms with E-state index in [0.29, 0.717) is 11.5 Å². The van der Waals surface area contributed by atoms with Crippen molar-refractivity contribution >= 4 is 37.9 Å². The summed E-state index contributed by atoms with van der Waals surface area (Å²) in [4.78, 5) is 0. The van der Waals surface area contributed by atoms with E-state index < -0.39 is 0 Å². The summed E-state index contributed by atoms with van der Waals surface area (Å²) >= 11 is 7.37. The topological polar surface area (TPSA) is 59.0 Å². The summed E-state index contributed by atoms with van der Waals surface area (Å²) in [6.45, 7) is 6.85. The Hall–Kier alpha value is -2.29. The van der Waals surface area contributed by atoms with Crippen molar-refractivity contribution in [2.45, 2.75) is 39.5 Å². The van der Waals surface area contributed by atoms with Crippen molar-refractivity contribution < 1.29 is 4.74 Å². The highest BCUT2D eigenvalue weighted by atomic mass is 79.9. The van der Waals surface area contributed by atoms with Crippen molar-refractivity contribution in [1.29, 1.82) is 5.26 Å². The maximum absolute atomic E-state index is 10.0. The van der Waals surface area contributed by atoms with Crippen LogP contribution in [0.25, 0.3) is 6.08 Å². The van der Waals surface area contributed by atoms with E-state index in [1.54, 1.807) is 0 Å². The molecule has 4 rings (SSSR count). The van der Waals surface area contributed by atoms with E-state index in [2.05, 4.69) is 76.9 Å². The Morgan fingerprint density at radius 2 is 1.69 bits per heavy atom. The Labute approximate surface area is 206 Å². The van der Waals surface area contributed by atoms with Gasteiger partial charge in [0.25, 0.3) is 0 Å². The van der Waals surface area contributed by atoms with Gasteiger partial charge < -0.3 is 10.5 Å². The van der Waals surface area contributed by atoms with Crippen LogP contribution in [-0.4, -0.2) is 0 Å². The summed E-state index contributed by atoms with van der Waals surface area (Å²) in [5.74, 6) is 1.19. The number of rotatable bonds is 2. The summed E-state index contributed by atoms with van der Waals surface area (Å²) < 4.78 is 8.19. The molecule has 2 aromatic rings. The average Bonchev–Trinajstić information content (AvgIpc) is 2.74. The van der Waals surface area contributed by atoms with Gasteiger partial charge in [-0.3, -0.25) is 0 Å². The molecule has 0 spiro atoms. The second-order valence-corrected chi connectivity index (χ2v) is 11.2. The van der Waals surface area contributed by atoms with Crippen molar-refractivity contribution in [3.8, 4) is 6.07 Å². The third kappa shape index (κ3) is 4.31. The monoisotopic (exact) mass is 552 g/mol. The van der Waals surface area contributed by atoms with E-state index in [1.807, 2.05) is 36.4 Å². The Morgan fingerprint density at radius 3 is 2.31 bits per heavy atom. The normalized spacial score (nSPS) is 22.4. The third-order valence-electron chi connectivity index (χ3n) is 6.43. The van der Waals surface area contributed by atoms with Gasteiger partial charge >= 0.3 is 0 Å². The lowest BCUT2D eigenvalue weighted by atomic mass is 9.66. The fourth-order valence-electron chi connectivity index (χ4n) is 4.54. The SMILES string of the molecule is CC(C)(C)C1CC2=C(OC(N)=C(C#N)C2c2ccccc2Br)/C(=C/c2ccccc2Br)C1. The molecule has 2 N–H and O–H groups in total. The molecule has 2 unspecified atom stereocenters. The van der Waals surface area contributed by atoms with Crippen molar-refractivity contribution in [3.63, 3.8) is 0 Å². The van der Waals surface area contributed by atoms with Crippen LogP contribution in [0.15, 0.2) is 85.8 Å². The molecule has 0 amide bonds. The van der Waals surface area contributed by atoms with Crippen molar-refractivity contribution in [2.24, 2.45) is 17.1 Å². The zero-order valence-electron chi connectivity index (χ0n) is 18.5. The zero-order valence-corrected chi connectivity index (χ0v) is 21.6. The second kappa shape index (κ2) is 8.92. The fourth-order valence-corrected chi connectivity index (χ4v) is 5.46. The Bertz CT molecular complexity index is 1190. The van der Waals surface area contributed by atoms with Crippen LogP contribution < -0.4 is 5.73 Å². The molecule has 1 aliphatic carbocycles. The van der Waals surface area contributed by atoms with Gasteiger partial charge in [-0.25, -0.2) is 0 Å². The van der Waals surface area contributed by atoms with Crippen molar-refractivity contribution in [1.82, 2.24) is 0 Å². The number of allylic oxidation sites excluding steroid dienone is 3. The van der Waals surface area contributed by atoms with Gasteiger partial charge in [0.1, 0.15) is 17.4 Å². The van der Waals surface area contributed by atoms with Crippen LogP contribution in [0.5, 0.6) is 0 Å². The minimum atomic E-state index is -0.230. The van der Waals surface area contributed by atoms with Crippen LogP contribution in [0.4, 0.5) is 0 Å². The van der Waals surface area contributed by atoms with Crippen LogP contribution >= 0.6 is 31.9 Å². The van der Waals surface area contributed by atoms with E-state index in [1.165, 1.54) is 0 Å². The van der Waals surface area contributed by atoms with E-state index >= 15 is 0 Å². The lowest BCUT2D eigenvalue weighted by Crippen LogP contribution is -2.31. The molecule has 2 aromatic carbocycles. The highest BCUT2D eigenvalue weighted by Gasteiger charge is 2.41. The van der Waals surface area contributed by atoms with Gasteiger partial charge in [-0.2, -0.15) is 5.26 Å². The Morgan fingerprint density at radius 1 is 1.03 bits per heavy atom. The molecule has 0 saturated heterocycles. The van der Waals surface area contributed by atoms with Gasteiger partial charge in [0, 0.05) is 8.95 Å². The largest absolute Gasteiger partial charge is 0.440 e. The van der Waals surface area contributed by atoms with Gasteiger partial charge in [-0.15, -0.1) is 0 Å². The quantitative estimate of drug-likeness (QED) is 0.412. The Kier molecular flexibility index (Phi) is 6.38. The van der Waals surface area contributed by atoms with Gasteiger partial charge in [0.05, 0.1) is 5.92 Å². The van der Waals surface area contributed by atoms with E-state index in [0.717, 1.165) is 49.8 Å².